The second-order valence-electron chi connectivity index (χ2n) is 3.95. The first-order valence-electron chi connectivity index (χ1n) is 4.92. The molecule has 3 heteroatoms. The lowest BCUT2D eigenvalue weighted by molar-refractivity contribution is 0.191. The van der Waals surface area contributed by atoms with Gasteiger partial charge in [-0.05, 0) is 39.7 Å². The Balaban J connectivity index is 3.29. The molecule has 0 fully saturated rings. The van der Waals surface area contributed by atoms with E-state index in [4.69, 9.17) is 16.3 Å². The lowest BCUT2D eigenvalue weighted by Gasteiger charge is -2.25. The van der Waals surface area contributed by atoms with E-state index in [2.05, 4.69) is 19.2 Å². The fraction of sp³-hybridized carbons (Fsp3) is 1.00. The zero-order chi connectivity index (χ0) is 10.2. The highest BCUT2D eigenvalue weighted by Crippen LogP contribution is 2.08. The maximum absolute atomic E-state index is 5.69. The molecule has 0 radical (unpaired) electrons. The Bertz CT molecular complexity index is 117. The summed E-state index contributed by atoms with van der Waals surface area (Å²) in [5.41, 5.74) is 0.175. The van der Waals surface area contributed by atoms with Crippen LogP contribution in [0.25, 0.3) is 0 Å². The van der Waals surface area contributed by atoms with Crippen LogP contribution in [0.2, 0.25) is 0 Å². The van der Waals surface area contributed by atoms with Gasteiger partial charge < -0.3 is 10.1 Å². The summed E-state index contributed by atoms with van der Waals surface area (Å²) in [5.74, 6) is 0.720. The summed E-state index contributed by atoms with van der Waals surface area (Å²) in [6.45, 7) is 6.28. The molecular weight excluding hydrogens is 186 g/mol. The van der Waals surface area contributed by atoms with Gasteiger partial charge in [-0.1, -0.05) is 0 Å². The number of halogens is 1. The molecule has 0 spiro atoms. The summed E-state index contributed by atoms with van der Waals surface area (Å²) in [5, 5.41) is 3.48. The maximum Gasteiger partial charge on any atom is 0.0462 e. The van der Waals surface area contributed by atoms with Gasteiger partial charge in [0.1, 0.15) is 0 Å². The fourth-order valence-corrected chi connectivity index (χ4v) is 1.60. The number of rotatable bonds is 8. The number of nitrogens with one attached hydrogen (secondary N) is 1. The predicted octanol–water partition coefficient (Wildman–Crippen LogP) is 2.41. The first kappa shape index (κ1) is 13.2. The summed E-state index contributed by atoms with van der Waals surface area (Å²) in [7, 11) is 1.74. The molecule has 0 aromatic rings. The highest BCUT2D eigenvalue weighted by molar-refractivity contribution is 6.17. The molecule has 0 aliphatic rings. The third kappa shape index (κ3) is 8.54. The van der Waals surface area contributed by atoms with Crippen molar-refractivity contribution in [2.45, 2.75) is 38.6 Å². The van der Waals surface area contributed by atoms with Gasteiger partial charge in [-0.25, -0.2) is 0 Å². The Morgan fingerprint density at radius 2 is 2.00 bits per heavy atom. The monoisotopic (exact) mass is 207 g/mol. The van der Waals surface area contributed by atoms with E-state index in [1.165, 1.54) is 6.42 Å². The zero-order valence-electron chi connectivity index (χ0n) is 9.03. The van der Waals surface area contributed by atoms with Gasteiger partial charge in [0.2, 0.25) is 0 Å². The van der Waals surface area contributed by atoms with Crippen molar-refractivity contribution in [3.8, 4) is 0 Å². The Hall–Kier alpha value is 0.210. The molecule has 0 heterocycles. The van der Waals surface area contributed by atoms with E-state index >= 15 is 0 Å². The van der Waals surface area contributed by atoms with Gasteiger partial charge in [0.15, 0.2) is 0 Å². The molecule has 0 aliphatic heterocycles. The molecule has 0 aromatic carbocycles. The lowest BCUT2D eigenvalue weighted by atomic mass is 10.0. The van der Waals surface area contributed by atoms with Crippen LogP contribution < -0.4 is 5.32 Å². The number of hydrogen-bond donors (Lipinski definition) is 1. The van der Waals surface area contributed by atoms with E-state index in [9.17, 15) is 0 Å². The van der Waals surface area contributed by atoms with Crippen LogP contribution in [0.4, 0.5) is 0 Å². The van der Waals surface area contributed by atoms with Crippen LogP contribution >= 0.6 is 11.6 Å². The first-order valence-corrected chi connectivity index (χ1v) is 5.46. The highest BCUT2D eigenvalue weighted by Gasteiger charge is 2.14. The number of hydrogen-bond acceptors (Lipinski definition) is 2. The Kier molecular flexibility index (Phi) is 7.72. The molecule has 0 aliphatic carbocycles. The van der Waals surface area contributed by atoms with Crippen molar-refractivity contribution >= 4 is 11.6 Å². The van der Waals surface area contributed by atoms with Gasteiger partial charge in [0, 0.05) is 25.1 Å². The molecule has 0 rings (SSSR count). The van der Waals surface area contributed by atoms with Crippen LogP contribution in [0.15, 0.2) is 0 Å². The molecule has 1 N–H and O–H groups in total. The molecule has 0 aromatic heterocycles. The molecule has 2 nitrogen and oxygen atoms in total. The van der Waals surface area contributed by atoms with E-state index in [-0.39, 0.29) is 5.54 Å². The summed E-state index contributed by atoms with van der Waals surface area (Å²) < 4.78 is 4.97. The Labute approximate surface area is 87.0 Å². The van der Waals surface area contributed by atoms with Crippen LogP contribution in [0, 0.1) is 0 Å². The van der Waals surface area contributed by atoms with Crippen LogP contribution in [0.5, 0.6) is 0 Å². The number of ether oxygens (including phenoxy) is 1. The van der Waals surface area contributed by atoms with Crippen molar-refractivity contribution < 1.29 is 4.74 Å². The van der Waals surface area contributed by atoms with Crippen LogP contribution in [-0.2, 0) is 4.74 Å². The van der Waals surface area contributed by atoms with Crippen molar-refractivity contribution in [1.82, 2.24) is 5.32 Å². The van der Waals surface area contributed by atoms with Crippen molar-refractivity contribution in [2.24, 2.45) is 0 Å². The smallest absolute Gasteiger partial charge is 0.0462 e. The largest absolute Gasteiger partial charge is 0.385 e. The van der Waals surface area contributed by atoms with Gasteiger partial charge in [-0.15, -0.1) is 11.6 Å². The van der Waals surface area contributed by atoms with Gasteiger partial charge in [0.05, 0.1) is 0 Å². The summed E-state index contributed by atoms with van der Waals surface area (Å²) in [4.78, 5) is 0. The zero-order valence-corrected chi connectivity index (χ0v) is 9.78. The fourth-order valence-electron chi connectivity index (χ4n) is 1.12. The van der Waals surface area contributed by atoms with E-state index in [0.29, 0.717) is 0 Å². The van der Waals surface area contributed by atoms with E-state index in [0.717, 1.165) is 31.9 Å². The van der Waals surface area contributed by atoms with Crippen molar-refractivity contribution in [2.75, 3.05) is 26.1 Å². The van der Waals surface area contributed by atoms with Crippen LogP contribution in [0.3, 0.4) is 0 Å². The molecule has 0 saturated carbocycles. The maximum atomic E-state index is 5.69. The lowest BCUT2D eigenvalue weighted by Crippen LogP contribution is -2.40. The summed E-state index contributed by atoms with van der Waals surface area (Å²) in [6, 6.07) is 0. The van der Waals surface area contributed by atoms with Gasteiger partial charge in [-0.2, -0.15) is 0 Å². The van der Waals surface area contributed by atoms with Crippen molar-refractivity contribution in [3.63, 3.8) is 0 Å². The van der Waals surface area contributed by atoms with E-state index < -0.39 is 0 Å². The van der Waals surface area contributed by atoms with Crippen molar-refractivity contribution in [1.29, 1.82) is 0 Å². The quantitative estimate of drug-likeness (QED) is 0.488. The average Bonchev–Trinajstić information content (AvgIpc) is 2.04. The molecule has 0 unspecified atom stereocenters. The summed E-state index contributed by atoms with van der Waals surface area (Å²) >= 11 is 5.69. The number of unbranched alkanes of at least 4 members (excludes halogenated alkanes) is 1. The molecule has 0 saturated heterocycles. The van der Waals surface area contributed by atoms with Gasteiger partial charge >= 0.3 is 0 Å². The minimum absolute atomic E-state index is 0.175. The third-order valence-corrected chi connectivity index (χ3v) is 2.29. The Morgan fingerprint density at radius 1 is 1.31 bits per heavy atom. The molecule has 13 heavy (non-hydrogen) atoms. The van der Waals surface area contributed by atoms with Crippen LogP contribution in [-0.4, -0.2) is 31.7 Å². The molecule has 0 atom stereocenters. The number of alkyl halides is 1. The Morgan fingerprint density at radius 3 is 2.54 bits per heavy atom. The molecule has 0 bridgehead atoms. The normalized spacial score (nSPS) is 12.0. The minimum atomic E-state index is 0.175. The average molecular weight is 208 g/mol. The third-order valence-electron chi connectivity index (χ3n) is 2.10. The van der Waals surface area contributed by atoms with Crippen molar-refractivity contribution in [3.05, 3.63) is 0 Å². The second-order valence-corrected chi connectivity index (χ2v) is 4.33. The first-order chi connectivity index (χ1) is 6.12. The van der Waals surface area contributed by atoms with E-state index in [1.807, 2.05) is 0 Å². The van der Waals surface area contributed by atoms with Gasteiger partial charge in [0.25, 0.3) is 0 Å². The van der Waals surface area contributed by atoms with Crippen LogP contribution in [0.1, 0.15) is 33.1 Å². The minimum Gasteiger partial charge on any atom is -0.385 e. The predicted molar refractivity (Wildman–Crippen MR) is 58.5 cm³/mol. The highest BCUT2D eigenvalue weighted by atomic mass is 35.5. The molecule has 80 valence electrons. The SMILES string of the molecule is COCCCCNC(C)(C)CCCl. The van der Waals surface area contributed by atoms with E-state index in [1.54, 1.807) is 7.11 Å². The summed E-state index contributed by atoms with van der Waals surface area (Å²) in [6.07, 6.45) is 3.30. The number of methoxy groups -OCH3 is 1. The molecule has 0 amide bonds. The second kappa shape index (κ2) is 7.60. The standard InChI is InChI=1S/C10H22ClNO/c1-10(2,6-7-11)12-8-4-5-9-13-3/h12H,4-9H2,1-3H3. The molecular formula is C10H22ClNO. The van der Waals surface area contributed by atoms with Gasteiger partial charge in [-0.3, -0.25) is 0 Å². The topological polar surface area (TPSA) is 21.3 Å².